The van der Waals surface area contributed by atoms with Crippen molar-refractivity contribution in [2.24, 2.45) is 0 Å². The Labute approximate surface area is 191 Å². The molecule has 1 amide bonds. The molecule has 0 bridgehead atoms. The van der Waals surface area contributed by atoms with Crippen molar-refractivity contribution in [3.05, 3.63) is 52.5 Å². The van der Waals surface area contributed by atoms with E-state index in [0.717, 1.165) is 37.7 Å². The highest BCUT2D eigenvalue weighted by Crippen LogP contribution is 2.27. The number of nitrogens with zero attached hydrogens (tertiary/aromatic N) is 1. The lowest BCUT2D eigenvalue weighted by Crippen LogP contribution is -2.36. The van der Waals surface area contributed by atoms with E-state index in [1.54, 1.807) is 18.2 Å². The van der Waals surface area contributed by atoms with Crippen LogP contribution < -0.4 is 20.3 Å². The van der Waals surface area contributed by atoms with Gasteiger partial charge in [0.15, 0.2) is 5.11 Å². The number of amides is 1. The molecule has 1 heterocycles. The number of rotatable bonds is 7. The summed E-state index contributed by atoms with van der Waals surface area (Å²) >= 11 is 17.1. The van der Waals surface area contributed by atoms with Crippen molar-refractivity contribution in [2.75, 3.05) is 43.1 Å². The van der Waals surface area contributed by atoms with Crippen LogP contribution in [0.1, 0.15) is 12.8 Å². The van der Waals surface area contributed by atoms with Crippen LogP contribution in [-0.4, -0.2) is 43.9 Å². The quantitative estimate of drug-likeness (QED) is 0.461. The van der Waals surface area contributed by atoms with Crippen LogP contribution in [0, 0.1) is 0 Å². The first kappa shape index (κ1) is 22.6. The van der Waals surface area contributed by atoms with Gasteiger partial charge in [0.25, 0.3) is 0 Å². The molecule has 0 atom stereocenters. The third-order valence-electron chi connectivity index (χ3n) is 4.45. The van der Waals surface area contributed by atoms with Crippen LogP contribution in [0.5, 0.6) is 5.75 Å². The molecule has 2 aromatic rings. The molecule has 0 aromatic heterocycles. The number of thiocarbonyl (C=S) groups is 1. The lowest BCUT2D eigenvalue weighted by atomic mass is 10.2. The number of hydrogen-bond donors (Lipinski definition) is 2. The Hall–Kier alpha value is -2.06. The van der Waals surface area contributed by atoms with Crippen LogP contribution in [0.15, 0.2) is 42.5 Å². The van der Waals surface area contributed by atoms with Crippen LogP contribution in [0.25, 0.3) is 0 Å². The van der Waals surface area contributed by atoms with Crippen molar-refractivity contribution in [3.8, 4) is 5.75 Å². The Morgan fingerprint density at radius 1 is 1.13 bits per heavy atom. The van der Waals surface area contributed by atoms with Crippen molar-refractivity contribution < 1.29 is 14.3 Å². The second-order valence-electron chi connectivity index (χ2n) is 6.68. The molecule has 2 aromatic carbocycles. The normalized spacial score (nSPS) is 13.6. The molecular weight excluding hydrogens is 445 g/mol. The van der Waals surface area contributed by atoms with Crippen molar-refractivity contribution in [3.63, 3.8) is 0 Å². The molecule has 0 saturated carbocycles. The van der Waals surface area contributed by atoms with E-state index in [0.29, 0.717) is 28.8 Å². The Bertz CT molecular complexity index is 874. The summed E-state index contributed by atoms with van der Waals surface area (Å²) in [4.78, 5) is 14.3. The first-order chi connectivity index (χ1) is 14.5. The van der Waals surface area contributed by atoms with Gasteiger partial charge in [0.05, 0.1) is 24.8 Å². The summed E-state index contributed by atoms with van der Waals surface area (Å²) in [5, 5.41) is 6.96. The molecule has 0 aliphatic carbocycles. The molecule has 6 nitrogen and oxygen atoms in total. The maximum Gasteiger partial charge on any atom is 0.226 e. The van der Waals surface area contributed by atoms with Gasteiger partial charge in [-0.2, -0.15) is 0 Å². The number of halogens is 2. The zero-order valence-corrected chi connectivity index (χ0v) is 18.7. The Balaban J connectivity index is 1.36. The van der Waals surface area contributed by atoms with Gasteiger partial charge in [-0.15, -0.1) is 0 Å². The summed E-state index contributed by atoms with van der Waals surface area (Å²) < 4.78 is 10.9. The van der Waals surface area contributed by atoms with E-state index in [1.807, 2.05) is 24.3 Å². The van der Waals surface area contributed by atoms with Crippen molar-refractivity contribution in [1.29, 1.82) is 0 Å². The Kier molecular flexibility index (Phi) is 8.57. The summed E-state index contributed by atoms with van der Waals surface area (Å²) in [6.45, 7) is 3.62. The van der Waals surface area contributed by atoms with Crippen LogP contribution in [0.2, 0.25) is 10.0 Å². The summed E-state index contributed by atoms with van der Waals surface area (Å²) in [7, 11) is 0. The minimum atomic E-state index is -0.178. The second kappa shape index (κ2) is 11.4. The maximum atomic E-state index is 12.1. The minimum absolute atomic E-state index is 0.178. The predicted octanol–water partition coefficient (Wildman–Crippen LogP) is 4.50. The third kappa shape index (κ3) is 7.02. The number of nitrogens with one attached hydrogen (secondary N) is 2. The van der Waals surface area contributed by atoms with E-state index in [-0.39, 0.29) is 17.4 Å². The van der Waals surface area contributed by atoms with Gasteiger partial charge in [0.1, 0.15) is 5.75 Å². The molecule has 1 aliphatic heterocycles. The zero-order chi connectivity index (χ0) is 21.3. The molecule has 0 radical (unpaired) electrons. The van der Waals surface area contributed by atoms with E-state index in [9.17, 15) is 4.79 Å². The number of benzene rings is 2. The molecule has 0 spiro atoms. The van der Waals surface area contributed by atoms with Gasteiger partial charge in [-0.25, -0.2) is 0 Å². The van der Waals surface area contributed by atoms with Gasteiger partial charge in [-0.3, -0.25) is 4.79 Å². The lowest BCUT2D eigenvalue weighted by molar-refractivity contribution is -0.119. The fourth-order valence-corrected chi connectivity index (χ4v) is 3.63. The fourth-order valence-electron chi connectivity index (χ4n) is 2.94. The van der Waals surface area contributed by atoms with Crippen LogP contribution in [-0.2, 0) is 9.53 Å². The number of carbonyl (C=O) groups is 1. The van der Waals surface area contributed by atoms with Gasteiger partial charge >= 0.3 is 0 Å². The second-order valence-corrected chi connectivity index (χ2v) is 7.93. The van der Waals surface area contributed by atoms with Crippen LogP contribution in [0.3, 0.4) is 0 Å². The minimum Gasteiger partial charge on any atom is -0.492 e. The van der Waals surface area contributed by atoms with Gasteiger partial charge in [0.2, 0.25) is 5.91 Å². The highest BCUT2D eigenvalue weighted by atomic mass is 35.5. The molecule has 2 N–H and O–H groups in total. The Morgan fingerprint density at radius 3 is 2.57 bits per heavy atom. The number of hydrogen-bond acceptors (Lipinski definition) is 5. The van der Waals surface area contributed by atoms with Gasteiger partial charge < -0.3 is 25.0 Å². The largest absolute Gasteiger partial charge is 0.492 e. The SMILES string of the molecule is O=C(CCCOc1ccc(Cl)cc1Cl)NC(=S)Nc1ccc(N2CCOCC2)cc1. The molecule has 160 valence electrons. The van der Waals surface area contributed by atoms with Gasteiger partial charge in [-0.1, -0.05) is 23.2 Å². The van der Waals surface area contributed by atoms with E-state index in [1.165, 1.54) is 0 Å². The predicted molar refractivity (Wildman–Crippen MR) is 125 cm³/mol. The average molecular weight is 468 g/mol. The number of anilines is 2. The highest BCUT2D eigenvalue weighted by molar-refractivity contribution is 7.80. The average Bonchev–Trinajstić information content (AvgIpc) is 2.73. The van der Waals surface area contributed by atoms with Gasteiger partial charge in [0, 0.05) is 35.9 Å². The van der Waals surface area contributed by atoms with E-state index >= 15 is 0 Å². The summed E-state index contributed by atoms with van der Waals surface area (Å²) in [5.41, 5.74) is 1.96. The molecule has 1 saturated heterocycles. The molecule has 30 heavy (non-hydrogen) atoms. The van der Waals surface area contributed by atoms with Crippen molar-refractivity contribution >= 4 is 57.8 Å². The van der Waals surface area contributed by atoms with Gasteiger partial charge in [-0.05, 0) is 61.1 Å². The summed E-state index contributed by atoms with van der Waals surface area (Å²) in [6, 6.07) is 12.9. The molecule has 1 fully saturated rings. The van der Waals surface area contributed by atoms with E-state index in [2.05, 4.69) is 15.5 Å². The molecule has 3 rings (SSSR count). The number of carbonyl (C=O) groups excluding carboxylic acids is 1. The number of morpholine rings is 1. The molecule has 9 heteroatoms. The lowest BCUT2D eigenvalue weighted by Gasteiger charge is -2.28. The monoisotopic (exact) mass is 467 g/mol. The topological polar surface area (TPSA) is 62.8 Å². The van der Waals surface area contributed by atoms with Crippen molar-refractivity contribution in [1.82, 2.24) is 5.32 Å². The molecule has 1 aliphatic rings. The maximum absolute atomic E-state index is 12.1. The zero-order valence-electron chi connectivity index (χ0n) is 16.3. The van der Waals surface area contributed by atoms with E-state index in [4.69, 9.17) is 44.9 Å². The fraction of sp³-hybridized carbons (Fsp3) is 0.333. The summed E-state index contributed by atoms with van der Waals surface area (Å²) in [6.07, 6.45) is 0.810. The first-order valence-corrected chi connectivity index (χ1v) is 10.8. The van der Waals surface area contributed by atoms with Crippen LogP contribution in [0.4, 0.5) is 11.4 Å². The van der Waals surface area contributed by atoms with Crippen LogP contribution >= 0.6 is 35.4 Å². The number of ether oxygens (including phenoxy) is 2. The smallest absolute Gasteiger partial charge is 0.226 e. The Morgan fingerprint density at radius 2 is 1.87 bits per heavy atom. The molecule has 0 unspecified atom stereocenters. The third-order valence-corrected chi connectivity index (χ3v) is 5.19. The molecular formula is C21H23Cl2N3O3S. The van der Waals surface area contributed by atoms with E-state index < -0.39 is 0 Å². The van der Waals surface area contributed by atoms with Crippen molar-refractivity contribution in [2.45, 2.75) is 12.8 Å². The highest BCUT2D eigenvalue weighted by Gasteiger charge is 2.11. The standard InChI is InChI=1S/C21H23Cl2N3O3S/c22-15-3-8-19(18(23)14-15)29-11-1-2-20(27)25-21(30)24-16-4-6-17(7-5-16)26-9-12-28-13-10-26/h3-8,14H,1-2,9-13H2,(H2,24,25,27,30). The first-order valence-electron chi connectivity index (χ1n) is 9.63. The summed E-state index contributed by atoms with van der Waals surface area (Å²) in [5.74, 6) is 0.363.